The van der Waals surface area contributed by atoms with Crippen LogP contribution in [0, 0.1) is 18.3 Å². The van der Waals surface area contributed by atoms with Crippen molar-refractivity contribution in [2.45, 2.75) is 51.5 Å². The Labute approximate surface area is 112 Å². The summed E-state index contributed by atoms with van der Waals surface area (Å²) in [6, 6.07) is 4.24. The predicted octanol–water partition coefficient (Wildman–Crippen LogP) is 3.19. The van der Waals surface area contributed by atoms with Gasteiger partial charge in [-0.15, -0.1) is 11.3 Å². The molecular weight excluding hydrogens is 244 g/mol. The molecule has 4 heteroatoms. The van der Waals surface area contributed by atoms with Gasteiger partial charge in [0.15, 0.2) is 0 Å². The molecule has 3 nitrogen and oxygen atoms in total. The second-order valence-electron chi connectivity index (χ2n) is 4.90. The molecule has 0 saturated heterocycles. The molecule has 1 aromatic heterocycles. The maximum atomic E-state index is 12.2. The van der Waals surface area contributed by atoms with E-state index in [-0.39, 0.29) is 5.91 Å². The Morgan fingerprint density at radius 3 is 2.72 bits per heavy atom. The summed E-state index contributed by atoms with van der Waals surface area (Å²) >= 11 is 1.52. The van der Waals surface area contributed by atoms with Gasteiger partial charge in [-0.05, 0) is 50.7 Å². The number of nitrogens with one attached hydrogen (secondary N) is 1. The van der Waals surface area contributed by atoms with Crippen LogP contribution in [0.25, 0.3) is 0 Å². The first kappa shape index (κ1) is 13.1. The number of thiophene rings is 1. The molecule has 1 amide bonds. The van der Waals surface area contributed by atoms with Crippen LogP contribution in [0.3, 0.4) is 0 Å². The zero-order chi connectivity index (χ0) is 13.2. The monoisotopic (exact) mass is 262 g/mol. The molecule has 0 unspecified atom stereocenters. The zero-order valence-electron chi connectivity index (χ0n) is 10.9. The molecule has 1 N–H and O–H groups in total. The van der Waals surface area contributed by atoms with Crippen molar-refractivity contribution >= 4 is 17.2 Å². The van der Waals surface area contributed by atoms with E-state index in [0.717, 1.165) is 37.0 Å². The zero-order valence-corrected chi connectivity index (χ0v) is 11.7. The van der Waals surface area contributed by atoms with Gasteiger partial charge in [-0.3, -0.25) is 4.79 Å². The minimum Gasteiger partial charge on any atom is -0.333 e. The second kappa shape index (κ2) is 5.11. The van der Waals surface area contributed by atoms with E-state index < -0.39 is 5.54 Å². The third-order valence-electron chi connectivity index (χ3n) is 3.65. The normalized spacial score (nSPS) is 17.4. The van der Waals surface area contributed by atoms with Crippen molar-refractivity contribution in [3.63, 3.8) is 0 Å². The van der Waals surface area contributed by atoms with E-state index >= 15 is 0 Å². The van der Waals surface area contributed by atoms with Crippen LogP contribution < -0.4 is 5.32 Å². The van der Waals surface area contributed by atoms with E-state index in [4.69, 9.17) is 0 Å². The third kappa shape index (κ3) is 2.41. The summed E-state index contributed by atoms with van der Waals surface area (Å²) in [4.78, 5) is 14.1. The molecule has 1 aliphatic rings. The Hall–Kier alpha value is -1.34. The van der Waals surface area contributed by atoms with Gasteiger partial charge in [0, 0.05) is 4.88 Å². The maximum absolute atomic E-state index is 12.2. The molecule has 0 spiro atoms. The van der Waals surface area contributed by atoms with Crippen LogP contribution in [0.15, 0.2) is 6.07 Å². The first-order valence-corrected chi connectivity index (χ1v) is 7.25. The van der Waals surface area contributed by atoms with Gasteiger partial charge in [0.1, 0.15) is 5.54 Å². The molecule has 1 saturated carbocycles. The van der Waals surface area contributed by atoms with Crippen molar-refractivity contribution in [2.24, 2.45) is 0 Å². The molecular formula is C14H18N2OS. The fourth-order valence-electron chi connectivity index (χ4n) is 2.50. The third-order valence-corrected chi connectivity index (χ3v) is 4.74. The highest BCUT2D eigenvalue weighted by Gasteiger charge is 2.35. The van der Waals surface area contributed by atoms with E-state index in [1.165, 1.54) is 21.8 Å². The summed E-state index contributed by atoms with van der Waals surface area (Å²) in [5, 5.41) is 12.2. The Bertz CT molecular complexity index is 492. The van der Waals surface area contributed by atoms with Gasteiger partial charge in [-0.25, -0.2) is 0 Å². The minimum atomic E-state index is -0.624. The van der Waals surface area contributed by atoms with Crippen LogP contribution in [0.4, 0.5) is 0 Å². The van der Waals surface area contributed by atoms with Crippen molar-refractivity contribution in [2.75, 3.05) is 0 Å². The lowest BCUT2D eigenvalue weighted by molar-refractivity contribution is 0.0925. The molecule has 0 radical (unpaired) electrons. The number of carbonyl (C=O) groups is 1. The van der Waals surface area contributed by atoms with Crippen LogP contribution in [-0.2, 0) is 6.42 Å². The average Bonchev–Trinajstić information content (AvgIpc) is 2.96. The van der Waals surface area contributed by atoms with Gasteiger partial charge in [-0.1, -0.05) is 6.92 Å². The highest BCUT2D eigenvalue weighted by atomic mass is 32.1. The van der Waals surface area contributed by atoms with Crippen LogP contribution in [0.1, 0.15) is 52.7 Å². The average molecular weight is 262 g/mol. The molecule has 18 heavy (non-hydrogen) atoms. The van der Waals surface area contributed by atoms with E-state index in [2.05, 4.69) is 18.3 Å². The van der Waals surface area contributed by atoms with Crippen molar-refractivity contribution in [3.05, 3.63) is 21.4 Å². The molecule has 0 aliphatic heterocycles. The summed E-state index contributed by atoms with van der Waals surface area (Å²) < 4.78 is 0. The van der Waals surface area contributed by atoms with Crippen molar-refractivity contribution in [3.8, 4) is 6.07 Å². The van der Waals surface area contributed by atoms with Crippen LogP contribution in [-0.4, -0.2) is 11.4 Å². The van der Waals surface area contributed by atoms with Gasteiger partial charge in [0.2, 0.25) is 0 Å². The van der Waals surface area contributed by atoms with Crippen molar-refractivity contribution in [1.82, 2.24) is 5.32 Å². The lowest BCUT2D eigenvalue weighted by Gasteiger charge is -2.21. The number of carbonyl (C=O) groups excluding carboxylic acids is 1. The van der Waals surface area contributed by atoms with E-state index in [9.17, 15) is 10.1 Å². The van der Waals surface area contributed by atoms with E-state index in [0.29, 0.717) is 0 Å². The Morgan fingerprint density at radius 1 is 1.56 bits per heavy atom. The summed E-state index contributed by atoms with van der Waals surface area (Å²) in [6.07, 6.45) is 4.55. The van der Waals surface area contributed by atoms with Crippen molar-refractivity contribution in [1.29, 1.82) is 5.26 Å². The molecule has 1 heterocycles. The Kier molecular flexibility index (Phi) is 3.72. The van der Waals surface area contributed by atoms with Crippen LogP contribution in [0.2, 0.25) is 0 Å². The SMILES string of the molecule is CCc1cc(C(=O)NC2(C#N)CCCC2)sc1C. The first-order valence-electron chi connectivity index (χ1n) is 6.43. The van der Waals surface area contributed by atoms with E-state index in [1.807, 2.05) is 13.0 Å². The molecule has 0 atom stereocenters. The van der Waals surface area contributed by atoms with Gasteiger partial charge >= 0.3 is 0 Å². The summed E-state index contributed by atoms with van der Waals surface area (Å²) in [5.41, 5.74) is 0.601. The molecule has 0 bridgehead atoms. The molecule has 1 aromatic rings. The minimum absolute atomic E-state index is 0.0914. The number of aryl methyl sites for hydroxylation is 2. The van der Waals surface area contributed by atoms with Crippen molar-refractivity contribution < 1.29 is 4.79 Å². The fourth-order valence-corrected chi connectivity index (χ4v) is 3.51. The highest BCUT2D eigenvalue weighted by Crippen LogP contribution is 2.30. The van der Waals surface area contributed by atoms with Crippen LogP contribution >= 0.6 is 11.3 Å². The van der Waals surface area contributed by atoms with Gasteiger partial charge < -0.3 is 5.32 Å². The summed E-state index contributed by atoms with van der Waals surface area (Å²) in [5.74, 6) is -0.0914. The standard InChI is InChI=1S/C14H18N2OS/c1-3-11-8-12(18-10(11)2)13(17)16-14(9-15)6-4-5-7-14/h8H,3-7H2,1-2H3,(H,16,17). The second-order valence-corrected chi connectivity index (χ2v) is 6.16. The fraction of sp³-hybridized carbons (Fsp3) is 0.571. The molecule has 2 rings (SSSR count). The Morgan fingerprint density at radius 2 is 2.22 bits per heavy atom. The van der Waals surface area contributed by atoms with Gasteiger partial charge in [0.05, 0.1) is 10.9 Å². The topological polar surface area (TPSA) is 52.9 Å². The number of hydrogen-bond donors (Lipinski definition) is 1. The maximum Gasteiger partial charge on any atom is 0.262 e. The lowest BCUT2D eigenvalue weighted by Crippen LogP contribution is -2.44. The molecule has 0 aromatic carbocycles. The lowest BCUT2D eigenvalue weighted by atomic mass is 10.00. The molecule has 1 aliphatic carbocycles. The summed E-state index contributed by atoms with van der Waals surface area (Å²) in [7, 11) is 0. The predicted molar refractivity (Wildman–Crippen MR) is 72.7 cm³/mol. The Balaban J connectivity index is 2.14. The number of nitrogens with zero attached hydrogens (tertiary/aromatic N) is 1. The molecule has 96 valence electrons. The first-order chi connectivity index (χ1) is 8.60. The van der Waals surface area contributed by atoms with E-state index in [1.54, 1.807) is 0 Å². The molecule has 1 fully saturated rings. The number of rotatable bonds is 3. The summed E-state index contributed by atoms with van der Waals surface area (Å²) in [6.45, 7) is 4.13. The smallest absolute Gasteiger partial charge is 0.262 e. The van der Waals surface area contributed by atoms with Gasteiger partial charge in [0.25, 0.3) is 5.91 Å². The largest absolute Gasteiger partial charge is 0.333 e. The number of nitriles is 1. The van der Waals surface area contributed by atoms with Gasteiger partial charge in [-0.2, -0.15) is 5.26 Å². The quantitative estimate of drug-likeness (QED) is 0.909. The van der Waals surface area contributed by atoms with Crippen LogP contribution in [0.5, 0.6) is 0 Å². The highest BCUT2D eigenvalue weighted by molar-refractivity contribution is 7.14. The number of amides is 1. The number of hydrogen-bond acceptors (Lipinski definition) is 3.